The molecule has 0 radical (unpaired) electrons. The van der Waals surface area contributed by atoms with Crippen molar-refractivity contribution in [3.05, 3.63) is 94.0 Å². The number of methoxy groups -OCH3 is 4. The third kappa shape index (κ3) is 8.21. The van der Waals surface area contributed by atoms with Gasteiger partial charge in [-0.2, -0.15) is 9.97 Å². The Labute approximate surface area is 332 Å². The highest BCUT2D eigenvalue weighted by Crippen LogP contribution is 2.33. The van der Waals surface area contributed by atoms with Gasteiger partial charge in [0.2, 0.25) is 0 Å². The van der Waals surface area contributed by atoms with Gasteiger partial charge in [0, 0.05) is 60.4 Å². The predicted octanol–water partition coefficient (Wildman–Crippen LogP) is 7.65. The normalized spacial score (nSPS) is 16.4. The molecule has 2 atom stereocenters. The van der Waals surface area contributed by atoms with Crippen LogP contribution in [0.1, 0.15) is 33.6 Å². The lowest BCUT2D eigenvalue weighted by molar-refractivity contribution is 0.0776. The molecule has 2 aliphatic heterocycles. The number of anilines is 2. The van der Waals surface area contributed by atoms with Gasteiger partial charge in [-0.3, -0.25) is 9.59 Å². The van der Waals surface area contributed by atoms with Crippen molar-refractivity contribution >= 4 is 69.2 Å². The molecule has 4 heterocycles. The van der Waals surface area contributed by atoms with E-state index in [0.717, 1.165) is 23.9 Å². The van der Waals surface area contributed by atoms with Crippen molar-refractivity contribution in [3.63, 3.8) is 0 Å². The molecule has 16 heteroatoms. The van der Waals surface area contributed by atoms with Crippen LogP contribution in [0.4, 0.5) is 12.0 Å². The molecule has 1 unspecified atom stereocenters. The molecule has 0 aliphatic carbocycles. The minimum Gasteiger partial charge on any atom is -0.496 e. The van der Waals surface area contributed by atoms with E-state index in [-0.39, 0.29) is 23.9 Å². The molecule has 0 spiro atoms. The number of nitrogens with zero attached hydrogens (tertiary/aromatic N) is 4. The number of benzene rings is 4. The molecule has 2 aromatic heterocycles. The van der Waals surface area contributed by atoms with Crippen LogP contribution in [-0.2, 0) is 0 Å². The van der Waals surface area contributed by atoms with E-state index >= 15 is 0 Å². The summed E-state index contributed by atoms with van der Waals surface area (Å²) >= 11 is 12.0. The van der Waals surface area contributed by atoms with Crippen molar-refractivity contribution in [2.75, 3.05) is 65.3 Å². The van der Waals surface area contributed by atoms with Gasteiger partial charge in [-0.05, 0) is 61.4 Å². The first-order valence-electron chi connectivity index (χ1n) is 17.8. The largest absolute Gasteiger partial charge is 0.496 e. The van der Waals surface area contributed by atoms with Gasteiger partial charge in [-0.1, -0.05) is 35.3 Å². The van der Waals surface area contributed by atoms with E-state index in [1.807, 2.05) is 12.1 Å². The Balaban J connectivity index is 0.000000172. The first kappa shape index (κ1) is 38.4. The number of amides is 2. The SMILES string of the molecule is COc1cccc(OC)c1C(=O)N1CCC(Nc2nc3ccc(Cl)cc3o2)C1.COc1cccc(OC)c1C(=O)N1CC[C@@H](Nc2nc3ccc(Cl)cc3o2)C1. The maximum atomic E-state index is 13.1. The van der Waals surface area contributed by atoms with Crippen molar-refractivity contribution in [2.45, 2.75) is 24.9 Å². The van der Waals surface area contributed by atoms with E-state index in [2.05, 4.69) is 20.6 Å². The molecule has 2 amide bonds. The standard InChI is InChI=1S/2C20H20ClN3O4/c2*1-26-15-4-3-5-16(27-2)18(15)19(25)24-9-8-13(11-24)22-20-23-14-7-6-12(21)10-17(14)28-20/h2*3-7,10,13H,8-9,11H2,1-2H3,(H,22,23)/t13-;/m1./s1. The number of likely N-dealkylation sites (tertiary alicyclic amines) is 2. The summed E-state index contributed by atoms with van der Waals surface area (Å²) in [5, 5.41) is 7.72. The Morgan fingerprint density at radius 3 is 1.36 bits per heavy atom. The summed E-state index contributed by atoms with van der Waals surface area (Å²) in [6.45, 7) is 2.28. The summed E-state index contributed by atoms with van der Waals surface area (Å²) in [5.41, 5.74) is 3.59. The van der Waals surface area contributed by atoms with Gasteiger partial charge >= 0.3 is 0 Å². The maximum Gasteiger partial charge on any atom is 0.295 e. The molecule has 14 nitrogen and oxygen atoms in total. The lowest BCUT2D eigenvalue weighted by Gasteiger charge is -2.20. The average molecular weight is 804 g/mol. The van der Waals surface area contributed by atoms with Crippen LogP contribution in [0.5, 0.6) is 23.0 Å². The topological polar surface area (TPSA) is 154 Å². The Hall–Kier alpha value is -5.86. The summed E-state index contributed by atoms with van der Waals surface area (Å²) < 4.78 is 32.8. The molecular weight excluding hydrogens is 763 g/mol. The number of ether oxygens (including phenoxy) is 4. The van der Waals surface area contributed by atoms with E-state index in [1.165, 1.54) is 0 Å². The number of nitrogens with one attached hydrogen (secondary N) is 2. The fraction of sp³-hybridized carbons (Fsp3) is 0.300. The lowest BCUT2D eigenvalue weighted by atomic mass is 10.1. The number of rotatable bonds is 10. The van der Waals surface area contributed by atoms with E-state index in [1.54, 1.807) is 98.9 Å². The predicted molar refractivity (Wildman–Crippen MR) is 213 cm³/mol. The summed E-state index contributed by atoms with van der Waals surface area (Å²) in [5.74, 6) is 1.74. The second-order valence-corrected chi connectivity index (χ2v) is 14.0. The third-order valence-corrected chi connectivity index (χ3v) is 10.1. The number of carbonyl (C=O) groups excluding carboxylic acids is 2. The van der Waals surface area contributed by atoms with Gasteiger partial charge in [0.1, 0.15) is 45.2 Å². The van der Waals surface area contributed by atoms with Crippen LogP contribution in [0.3, 0.4) is 0 Å². The minimum atomic E-state index is -0.122. The minimum absolute atomic E-state index is 0.0354. The molecule has 2 saturated heterocycles. The van der Waals surface area contributed by atoms with Crippen LogP contribution in [0, 0.1) is 0 Å². The quantitative estimate of drug-likeness (QED) is 0.140. The summed E-state index contributed by atoms with van der Waals surface area (Å²) in [7, 11) is 6.16. The fourth-order valence-electron chi connectivity index (χ4n) is 6.83. The summed E-state index contributed by atoms with van der Waals surface area (Å²) in [6.07, 6.45) is 1.56. The van der Waals surface area contributed by atoms with E-state index in [0.29, 0.717) is 93.5 Å². The molecule has 292 valence electrons. The van der Waals surface area contributed by atoms with Crippen molar-refractivity contribution in [1.82, 2.24) is 19.8 Å². The maximum absolute atomic E-state index is 13.1. The van der Waals surface area contributed by atoms with E-state index in [9.17, 15) is 9.59 Å². The Kier molecular flexibility index (Phi) is 11.6. The number of oxazole rings is 2. The van der Waals surface area contributed by atoms with Gasteiger partial charge in [0.15, 0.2) is 11.2 Å². The molecule has 2 fully saturated rings. The van der Waals surface area contributed by atoms with Crippen molar-refractivity contribution in [2.24, 2.45) is 0 Å². The van der Waals surface area contributed by atoms with Crippen LogP contribution < -0.4 is 29.6 Å². The smallest absolute Gasteiger partial charge is 0.295 e. The number of halogens is 2. The highest BCUT2D eigenvalue weighted by molar-refractivity contribution is 6.31. The van der Waals surface area contributed by atoms with Crippen LogP contribution >= 0.6 is 23.2 Å². The average Bonchev–Trinajstić information content (AvgIpc) is 4.04. The second kappa shape index (κ2) is 16.9. The molecule has 2 N–H and O–H groups in total. The zero-order chi connectivity index (χ0) is 39.3. The molecule has 56 heavy (non-hydrogen) atoms. The van der Waals surface area contributed by atoms with Crippen LogP contribution in [0.25, 0.3) is 22.2 Å². The monoisotopic (exact) mass is 802 g/mol. The molecule has 0 saturated carbocycles. The molecule has 2 aliphatic rings. The Morgan fingerprint density at radius 2 is 1.00 bits per heavy atom. The molecule has 6 aromatic rings. The zero-order valence-corrected chi connectivity index (χ0v) is 32.6. The van der Waals surface area contributed by atoms with Crippen molar-refractivity contribution in [1.29, 1.82) is 0 Å². The first-order chi connectivity index (χ1) is 27.2. The second-order valence-electron chi connectivity index (χ2n) is 13.1. The van der Waals surface area contributed by atoms with Crippen LogP contribution in [-0.4, -0.2) is 98.3 Å². The van der Waals surface area contributed by atoms with Gasteiger partial charge in [-0.25, -0.2) is 0 Å². The fourth-order valence-corrected chi connectivity index (χ4v) is 7.16. The summed E-state index contributed by atoms with van der Waals surface area (Å²) in [6, 6.07) is 22.1. The highest BCUT2D eigenvalue weighted by Gasteiger charge is 2.32. The summed E-state index contributed by atoms with van der Waals surface area (Å²) in [4.78, 5) is 38.5. The molecule has 8 rings (SSSR count). The van der Waals surface area contributed by atoms with E-state index in [4.69, 9.17) is 51.0 Å². The number of hydrogen-bond acceptors (Lipinski definition) is 12. The van der Waals surface area contributed by atoms with Crippen molar-refractivity contribution in [3.8, 4) is 23.0 Å². The Morgan fingerprint density at radius 1 is 0.625 bits per heavy atom. The molecular formula is C40H40Cl2N6O8. The van der Waals surface area contributed by atoms with Gasteiger partial charge in [-0.15, -0.1) is 0 Å². The number of aromatic nitrogens is 2. The number of carbonyl (C=O) groups is 2. The number of hydrogen-bond donors (Lipinski definition) is 2. The highest BCUT2D eigenvalue weighted by atomic mass is 35.5. The van der Waals surface area contributed by atoms with Gasteiger partial charge < -0.3 is 48.2 Å². The van der Waals surface area contributed by atoms with Gasteiger partial charge in [0.05, 0.1) is 28.4 Å². The lowest BCUT2D eigenvalue weighted by Crippen LogP contribution is -2.32. The van der Waals surface area contributed by atoms with Crippen LogP contribution in [0.15, 0.2) is 81.6 Å². The van der Waals surface area contributed by atoms with Crippen molar-refractivity contribution < 1.29 is 37.4 Å². The first-order valence-corrected chi connectivity index (χ1v) is 18.6. The molecule has 0 bridgehead atoms. The van der Waals surface area contributed by atoms with Crippen LogP contribution in [0.2, 0.25) is 10.0 Å². The third-order valence-electron chi connectivity index (χ3n) is 9.59. The number of fused-ring (bicyclic) bond motifs is 2. The Bertz CT molecular complexity index is 2160. The molecule has 4 aromatic carbocycles. The van der Waals surface area contributed by atoms with Gasteiger partial charge in [0.25, 0.3) is 23.8 Å². The zero-order valence-electron chi connectivity index (χ0n) is 31.1. The van der Waals surface area contributed by atoms with E-state index < -0.39 is 0 Å².